The molecule has 1 aromatic rings. The van der Waals surface area contributed by atoms with Crippen LogP contribution in [0.15, 0.2) is 46.6 Å². The van der Waals surface area contributed by atoms with Gasteiger partial charge in [-0.2, -0.15) is 0 Å². The Morgan fingerprint density at radius 1 is 1.47 bits per heavy atom. The van der Waals surface area contributed by atoms with Gasteiger partial charge < -0.3 is 5.73 Å². The van der Waals surface area contributed by atoms with E-state index in [1.165, 1.54) is 11.8 Å². The standard InChI is InChI=1S/C12H12N2S/c1-2-8-15-12(13)10-14-9-11-6-4-3-5-7-11/h1,3-7,9-10H,8,13H2/b12-10+,14-9?. The summed E-state index contributed by atoms with van der Waals surface area (Å²) in [7, 11) is 0. The molecule has 0 aliphatic heterocycles. The molecule has 0 heterocycles. The van der Waals surface area contributed by atoms with Crippen molar-refractivity contribution in [3.63, 3.8) is 0 Å². The lowest BCUT2D eigenvalue weighted by Gasteiger charge is -1.93. The lowest BCUT2D eigenvalue weighted by molar-refractivity contribution is 1.45. The predicted octanol–water partition coefficient (Wildman–Crippen LogP) is 2.23. The van der Waals surface area contributed by atoms with Crippen molar-refractivity contribution < 1.29 is 0 Å². The summed E-state index contributed by atoms with van der Waals surface area (Å²) in [6.07, 6.45) is 8.46. The van der Waals surface area contributed by atoms with Crippen LogP contribution < -0.4 is 5.73 Å². The van der Waals surface area contributed by atoms with Crippen LogP contribution >= 0.6 is 11.8 Å². The van der Waals surface area contributed by atoms with Gasteiger partial charge in [-0.1, -0.05) is 48.0 Å². The van der Waals surface area contributed by atoms with Gasteiger partial charge >= 0.3 is 0 Å². The van der Waals surface area contributed by atoms with E-state index in [1.54, 1.807) is 12.4 Å². The molecule has 0 radical (unpaired) electrons. The van der Waals surface area contributed by atoms with Crippen LogP contribution in [0.5, 0.6) is 0 Å². The van der Waals surface area contributed by atoms with E-state index in [0.717, 1.165) is 5.56 Å². The summed E-state index contributed by atoms with van der Waals surface area (Å²) >= 11 is 1.40. The number of hydrogen-bond acceptors (Lipinski definition) is 3. The van der Waals surface area contributed by atoms with E-state index in [-0.39, 0.29) is 0 Å². The third-order valence-electron chi connectivity index (χ3n) is 1.55. The predicted molar refractivity (Wildman–Crippen MR) is 67.6 cm³/mol. The number of benzene rings is 1. The number of aliphatic imine (C=N–C) groups is 1. The first-order valence-corrected chi connectivity index (χ1v) is 5.41. The Bertz CT molecular complexity index is 388. The summed E-state index contributed by atoms with van der Waals surface area (Å²) in [5, 5.41) is 0.625. The van der Waals surface area contributed by atoms with E-state index in [1.807, 2.05) is 30.3 Å². The zero-order valence-corrected chi connectivity index (χ0v) is 9.08. The highest BCUT2D eigenvalue weighted by atomic mass is 32.2. The van der Waals surface area contributed by atoms with E-state index in [2.05, 4.69) is 10.9 Å². The molecule has 0 amide bonds. The molecule has 0 aromatic heterocycles. The summed E-state index contributed by atoms with van der Waals surface area (Å²) in [6.45, 7) is 0. The van der Waals surface area contributed by atoms with Gasteiger partial charge in [-0.25, -0.2) is 0 Å². The molecule has 0 saturated carbocycles. The first kappa shape index (κ1) is 11.4. The fraction of sp³-hybridized carbons (Fsp3) is 0.0833. The Labute approximate surface area is 94.3 Å². The van der Waals surface area contributed by atoms with E-state index >= 15 is 0 Å². The Morgan fingerprint density at radius 2 is 2.20 bits per heavy atom. The molecule has 2 nitrogen and oxygen atoms in total. The number of rotatable bonds is 4. The van der Waals surface area contributed by atoms with Crippen molar-refractivity contribution in [3.8, 4) is 12.3 Å². The number of nitrogens with two attached hydrogens (primary N) is 1. The van der Waals surface area contributed by atoms with E-state index in [4.69, 9.17) is 12.2 Å². The molecule has 15 heavy (non-hydrogen) atoms. The monoisotopic (exact) mass is 216 g/mol. The van der Waals surface area contributed by atoms with Gasteiger partial charge in [0.2, 0.25) is 0 Å². The minimum atomic E-state index is 0.573. The summed E-state index contributed by atoms with van der Waals surface area (Å²) in [5.41, 5.74) is 6.68. The van der Waals surface area contributed by atoms with Crippen LogP contribution in [-0.4, -0.2) is 12.0 Å². The smallest absolute Gasteiger partial charge is 0.0850 e. The highest BCUT2D eigenvalue weighted by Crippen LogP contribution is 2.07. The van der Waals surface area contributed by atoms with Crippen LogP contribution in [0.1, 0.15) is 5.56 Å². The normalized spacial score (nSPS) is 11.5. The SMILES string of the molecule is C#CCS/C(N)=C/N=Cc1ccccc1. The maximum atomic E-state index is 5.64. The van der Waals surface area contributed by atoms with Gasteiger partial charge in [-0.05, 0) is 5.56 Å². The van der Waals surface area contributed by atoms with Crippen LogP contribution in [0.2, 0.25) is 0 Å². The average molecular weight is 216 g/mol. The number of hydrogen-bond donors (Lipinski definition) is 1. The van der Waals surface area contributed by atoms with Crippen molar-refractivity contribution >= 4 is 18.0 Å². The molecule has 0 atom stereocenters. The van der Waals surface area contributed by atoms with Crippen LogP contribution in [0.25, 0.3) is 0 Å². The molecule has 76 valence electrons. The Hall–Kier alpha value is -1.66. The van der Waals surface area contributed by atoms with E-state index < -0.39 is 0 Å². The van der Waals surface area contributed by atoms with Crippen molar-refractivity contribution in [1.82, 2.24) is 0 Å². The van der Waals surface area contributed by atoms with Crippen molar-refractivity contribution in [2.24, 2.45) is 10.7 Å². The highest BCUT2D eigenvalue weighted by molar-refractivity contribution is 8.03. The fourth-order valence-electron chi connectivity index (χ4n) is 0.898. The topological polar surface area (TPSA) is 38.4 Å². The molecular formula is C12H12N2S. The van der Waals surface area contributed by atoms with Crippen molar-refractivity contribution in [3.05, 3.63) is 47.1 Å². The molecule has 0 fully saturated rings. The van der Waals surface area contributed by atoms with Crippen LogP contribution in [-0.2, 0) is 0 Å². The second kappa shape index (κ2) is 6.74. The maximum Gasteiger partial charge on any atom is 0.0850 e. The summed E-state index contributed by atoms with van der Waals surface area (Å²) < 4.78 is 0. The third-order valence-corrected chi connectivity index (χ3v) is 2.30. The molecule has 0 spiro atoms. The van der Waals surface area contributed by atoms with Gasteiger partial charge in [0, 0.05) is 6.21 Å². The maximum absolute atomic E-state index is 5.64. The van der Waals surface area contributed by atoms with Gasteiger partial charge in [0.1, 0.15) is 0 Å². The molecular weight excluding hydrogens is 204 g/mol. The van der Waals surface area contributed by atoms with Gasteiger partial charge in [0.05, 0.1) is 17.0 Å². The molecule has 3 heteroatoms. The summed E-state index contributed by atoms with van der Waals surface area (Å²) in [6, 6.07) is 9.83. The van der Waals surface area contributed by atoms with Crippen molar-refractivity contribution in [2.45, 2.75) is 0 Å². The van der Waals surface area contributed by atoms with Gasteiger partial charge in [-0.3, -0.25) is 4.99 Å². The molecule has 0 bridgehead atoms. The van der Waals surface area contributed by atoms with E-state index in [9.17, 15) is 0 Å². The lowest BCUT2D eigenvalue weighted by atomic mass is 10.2. The Balaban J connectivity index is 2.49. The van der Waals surface area contributed by atoms with Crippen molar-refractivity contribution in [2.75, 3.05) is 5.75 Å². The quantitative estimate of drug-likeness (QED) is 0.619. The van der Waals surface area contributed by atoms with Gasteiger partial charge in [-0.15, -0.1) is 6.42 Å². The first-order chi connectivity index (χ1) is 7.33. The summed E-state index contributed by atoms with van der Waals surface area (Å²) in [4.78, 5) is 4.09. The lowest BCUT2D eigenvalue weighted by Crippen LogP contribution is -1.91. The van der Waals surface area contributed by atoms with Gasteiger partial charge in [0.25, 0.3) is 0 Å². The third kappa shape index (κ3) is 4.94. The zero-order valence-electron chi connectivity index (χ0n) is 8.26. The minimum absolute atomic E-state index is 0.573. The summed E-state index contributed by atoms with van der Waals surface area (Å²) in [5.74, 6) is 3.07. The van der Waals surface area contributed by atoms with Crippen LogP contribution in [0, 0.1) is 12.3 Å². The molecule has 0 aliphatic carbocycles. The average Bonchev–Trinajstić information content (AvgIpc) is 2.28. The Morgan fingerprint density at radius 3 is 2.87 bits per heavy atom. The zero-order chi connectivity index (χ0) is 10.9. The van der Waals surface area contributed by atoms with Gasteiger partial charge in [0.15, 0.2) is 0 Å². The van der Waals surface area contributed by atoms with Crippen molar-refractivity contribution in [1.29, 1.82) is 0 Å². The molecule has 1 aromatic carbocycles. The minimum Gasteiger partial charge on any atom is -0.392 e. The highest BCUT2D eigenvalue weighted by Gasteiger charge is 1.87. The second-order valence-corrected chi connectivity index (χ2v) is 3.76. The molecule has 0 aliphatic rings. The largest absolute Gasteiger partial charge is 0.392 e. The number of nitrogens with zero attached hydrogens (tertiary/aromatic N) is 1. The van der Waals surface area contributed by atoms with Crippen LogP contribution in [0.4, 0.5) is 0 Å². The fourth-order valence-corrected chi connectivity index (χ4v) is 1.28. The van der Waals surface area contributed by atoms with E-state index in [0.29, 0.717) is 10.8 Å². The number of thioether (sulfide) groups is 1. The first-order valence-electron chi connectivity index (χ1n) is 4.43. The second-order valence-electron chi connectivity index (χ2n) is 2.71. The molecule has 0 saturated heterocycles. The Kier molecular flexibility index (Phi) is 5.13. The molecule has 0 unspecified atom stereocenters. The molecule has 1 rings (SSSR count). The number of terminal acetylenes is 1. The van der Waals surface area contributed by atoms with Crippen LogP contribution in [0.3, 0.4) is 0 Å². The molecule has 2 N–H and O–H groups in total.